The molecule has 1 aromatic rings. The van der Waals surface area contributed by atoms with Crippen molar-refractivity contribution in [1.29, 1.82) is 0 Å². The van der Waals surface area contributed by atoms with E-state index in [0.717, 1.165) is 6.42 Å². The van der Waals surface area contributed by atoms with Crippen LogP contribution in [0, 0.1) is 0 Å². The van der Waals surface area contributed by atoms with Crippen LogP contribution < -0.4 is 0 Å². The topological polar surface area (TPSA) is 59.0 Å². The number of ether oxygens (including phenoxy) is 2. The molecule has 3 atom stereocenters. The van der Waals surface area contributed by atoms with Crippen LogP contribution in [0.15, 0.2) is 30.3 Å². The number of likely N-dealkylation sites (N-methyl/N-ethyl adjacent to an activating group) is 1. The summed E-state index contributed by atoms with van der Waals surface area (Å²) in [5, 5.41) is 10.5. The Kier molecular flexibility index (Phi) is 8.84. The summed E-state index contributed by atoms with van der Waals surface area (Å²) in [6.45, 7) is 4.47. The predicted molar refractivity (Wildman–Crippen MR) is 90.5 cm³/mol. The maximum atomic E-state index is 11.8. The van der Waals surface area contributed by atoms with Gasteiger partial charge < -0.3 is 19.5 Å². The van der Waals surface area contributed by atoms with Crippen molar-refractivity contribution < 1.29 is 19.4 Å². The Balaban J connectivity index is 2.39. The van der Waals surface area contributed by atoms with Crippen LogP contribution >= 0.6 is 0 Å². The van der Waals surface area contributed by atoms with Gasteiger partial charge in [-0.05, 0) is 39.1 Å². The van der Waals surface area contributed by atoms with E-state index in [1.54, 1.807) is 24.3 Å². The highest BCUT2D eigenvalue weighted by Crippen LogP contribution is 2.14. The average molecular weight is 323 g/mol. The van der Waals surface area contributed by atoms with Crippen molar-refractivity contribution in [2.75, 3.05) is 27.3 Å². The number of aliphatic hydroxyl groups excluding tert-OH is 1. The van der Waals surface area contributed by atoms with Crippen molar-refractivity contribution >= 4 is 5.97 Å². The fourth-order valence-corrected chi connectivity index (χ4v) is 2.61. The zero-order chi connectivity index (χ0) is 17.2. The third kappa shape index (κ3) is 6.29. The molecule has 2 unspecified atom stereocenters. The molecule has 5 heteroatoms. The summed E-state index contributed by atoms with van der Waals surface area (Å²) < 4.78 is 10.9. The van der Waals surface area contributed by atoms with Gasteiger partial charge in [-0.15, -0.1) is 0 Å². The summed E-state index contributed by atoms with van der Waals surface area (Å²) in [6.07, 6.45) is 0.720. The molecule has 1 N–H and O–H groups in total. The highest BCUT2D eigenvalue weighted by molar-refractivity contribution is 5.89. The van der Waals surface area contributed by atoms with Crippen molar-refractivity contribution in [2.45, 2.75) is 44.9 Å². The number of carbonyl (C=O) groups is 1. The number of hydrogen-bond acceptors (Lipinski definition) is 5. The molecule has 0 heterocycles. The largest absolute Gasteiger partial charge is 0.460 e. The van der Waals surface area contributed by atoms with Gasteiger partial charge in [0.1, 0.15) is 6.61 Å². The van der Waals surface area contributed by atoms with E-state index in [1.807, 2.05) is 38.9 Å². The summed E-state index contributed by atoms with van der Waals surface area (Å²) in [4.78, 5) is 13.8. The van der Waals surface area contributed by atoms with E-state index in [1.165, 1.54) is 0 Å². The van der Waals surface area contributed by atoms with Gasteiger partial charge in [-0.2, -0.15) is 0 Å². The standard InChI is InChI=1S/C18H29NO4/c1-5-15(19(3)4)17(20)16(6-2)22-12-13-23-18(21)14-10-8-7-9-11-14/h7-11,15-17,20H,5-6,12-13H2,1-4H3/t15?,16-,17?/m0/s1. The van der Waals surface area contributed by atoms with Crippen molar-refractivity contribution in [2.24, 2.45) is 0 Å². The van der Waals surface area contributed by atoms with Gasteiger partial charge in [-0.1, -0.05) is 32.0 Å². The molecular weight excluding hydrogens is 294 g/mol. The van der Waals surface area contributed by atoms with Crippen LogP contribution in [0.5, 0.6) is 0 Å². The van der Waals surface area contributed by atoms with Crippen LogP contribution in [-0.2, 0) is 9.47 Å². The number of carbonyl (C=O) groups excluding carboxylic acids is 1. The van der Waals surface area contributed by atoms with Gasteiger partial charge in [0.05, 0.1) is 24.4 Å². The highest BCUT2D eigenvalue weighted by Gasteiger charge is 2.27. The van der Waals surface area contributed by atoms with Crippen LogP contribution in [0.3, 0.4) is 0 Å². The molecule has 0 saturated carbocycles. The first-order valence-corrected chi connectivity index (χ1v) is 8.19. The fraction of sp³-hybridized carbons (Fsp3) is 0.611. The Morgan fingerprint density at radius 3 is 2.30 bits per heavy atom. The maximum Gasteiger partial charge on any atom is 0.338 e. The molecule has 130 valence electrons. The SMILES string of the molecule is CCC(C(O)[C@H](CC)OCCOC(=O)c1ccccc1)N(C)C. The molecule has 0 bridgehead atoms. The van der Waals surface area contributed by atoms with Gasteiger partial charge in [0.2, 0.25) is 0 Å². The molecule has 23 heavy (non-hydrogen) atoms. The summed E-state index contributed by atoms with van der Waals surface area (Å²) >= 11 is 0. The molecular formula is C18H29NO4. The second-order valence-electron chi connectivity index (χ2n) is 5.75. The Morgan fingerprint density at radius 2 is 1.78 bits per heavy atom. The minimum Gasteiger partial charge on any atom is -0.460 e. The van der Waals surface area contributed by atoms with E-state index in [2.05, 4.69) is 0 Å². The number of esters is 1. The van der Waals surface area contributed by atoms with Gasteiger partial charge >= 0.3 is 5.97 Å². The van der Waals surface area contributed by atoms with Crippen LogP contribution in [0.4, 0.5) is 0 Å². The average Bonchev–Trinajstić information content (AvgIpc) is 2.55. The summed E-state index contributed by atoms with van der Waals surface area (Å²) in [7, 11) is 3.90. The van der Waals surface area contributed by atoms with E-state index in [4.69, 9.17) is 9.47 Å². The van der Waals surface area contributed by atoms with E-state index in [0.29, 0.717) is 12.0 Å². The van der Waals surface area contributed by atoms with E-state index < -0.39 is 6.10 Å². The minimum absolute atomic E-state index is 0.0480. The van der Waals surface area contributed by atoms with Gasteiger partial charge in [0, 0.05) is 6.04 Å². The lowest BCUT2D eigenvalue weighted by Gasteiger charge is -2.32. The molecule has 5 nitrogen and oxygen atoms in total. The Hall–Kier alpha value is -1.43. The molecule has 0 aromatic heterocycles. The molecule has 0 aliphatic carbocycles. The highest BCUT2D eigenvalue weighted by atomic mass is 16.6. The zero-order valence-electron chi connectivity index (χ0n) is 14.6. The van der Waals surface area contributed by atoms with Crippen LogP contribution in [0.2, 0.25) is 0 Å². The van der Waals surface area contributed by atoms with Gasteiger partial charge in [0.25, 0.3) is 0 Å². The number of hydrogen-bond donors (Lipinski definition) is 1. The number of rotatable bonds is 10. The minimum atomic E-state index is -0.565. The first-order chi connectivity index (χ1) is 11.0. The van der Waals surface area contributed by atoms with Gasteiger partial charge in [0.15, 0.2) is 0 Å². The Labute approximate surface area is 139 Å². The molecule has 0 aliphatic heterocycles. The second-order valence-corrected chi connectivity index (χ2v) is 5.75. The Morgan fingerprint density at radius 1 is 1.13 bits per heavy atom. The first kappa shape index (κ1) is 19.6. The summed E-state index contributed by atoms with van der Waals surface area (Å²) in [6, 6.07) is 8.91. The first-order valence-electron chi connectivity index (χ1n) is 8.19. The van der Waals surface area contributed by atoms with Gasteiger partial charge in [-0.25, -0.2) is 4.79 Å². The van der Waals surface area contributed by atoms with Crippen LogP contribution in [-0.4, -0.2) is 61.5 Å². The van der Waals surface area contributed by atoms with Gasteiger partial charge in [-0.3, -0.25) is 0 Å². The molecule has 0 spiro atoms. The van der Waals surface area contributed by atoms with Crippen molar-refractivity contribution in [3.05, 3.63) is 35.9 Å². The molecule has 0 aliphatic rings. The predicted octanol–water partition coefficient (Wildman–Crippen LogP) is 2.34. The quantitative estimate of drug-likeness (QED) is 0.529. The van der Waals surface area contributed by atoms with E-state index >= 15 is 0 Å². The smallest absolute Gasteiger partial charge is 0.338 e. The van der Waals surface area contributed by atoms with E-state index in [9.17, 15) is 9.90 Å². The third-order valence-electron chi connectivity index (χ3n) is 3.92. The van der Waals surface area contributed by atoms with Crippen molar-refractivity contribution in [1.82, 2.24) is 4.90 Å². The number of benzene rings is 1. The van der Waals surface area contributed by atoms with Crippen molar-refractivity contribution in [3.63, 3.8) is 0 Å². The van der Waals surface area contributed by atoms with Crippen molar-refractivity contribution in [3.8, 4) is 0 Å². The lowest BCUT2D eigenvalue weighted by Crippen LogP contribution is -2.46. The summed E-state index contributed by atoms with van der Waals surface area (Å²) in [5.41, 5.74) is 0.526. The lowest BCUT2D eigenvalue weighted by atomic mass is 10.0. The van der Waals surface area contributed by atoms with Crippen LogP contribution in [0.25, 0.3) is 0 Å². The molecule has 0 saturated heterocycles. The molecule has 0 amide bonds. The number of nitrogens with zero attached hydrogens (tertiary/aromatic N) is 1. The lowest BCUT2D eigenvalue weighted by molar-refractivity contribution is -0.0779. The fourth-order valence-electron chi connectivity index (χ4n) is 2.61. The molecule has 1 aromatic carbocycles. The molecule has 1 rings (SSSR count). The second kappa shape index (κ2) is 10.4. The Bertz CT molecular complexity index is 450. The monoisotopic (exact) mass is 323 g/mol. The maximum absolute atomic E-state index is 11.8. The van der Waals surface area contributed by atoms with E-state index in [-0.39, 0.29) is 31.3 Å². The molecule has 0 radical (unpaired) electrons. The summed E-state index contributed by atoms with van der Waals surface area (Å²) in [5.74, 6) is -0.359. The number of aliphatic hydroxyl groups is 1. The normalized spacial score (nSPS) is 15.2. The third-order valence-corrected chi connectivity index (χ3v) is 3.92. The van der Waals surface area contributed by atoms with Crippen LogP contribution in [0.1, 0.15) is 37.0 Å². The molecule has 0 fully saturated rings. The zero-order valence-corrected chi connectivity index (χ0v) is 14.6.